The maximum absolute atomic E-state index is 11.7. The average molecular weight is 482 g/mol. The summed E-state index contributed by atoms with van der Waals surface area (Å²) in [7, 11) is 2.56. The van der Waals surface area contributed by atoms with E-state index in [4.69, 9.17) is 51.1 Å². The maximum atomic E-state index is 11.7. The van der Waals surface area contributed by atoms with Crippen LogP contribution in [0.2, 0.25) is 20.1 Å². The van der Waals surface area contributed by atoms with Crippen LogP contribution in [0, 0.1) is 0 Å². The number of carbonyl (C=O) groups excluding carboxylic acids is 2. The molecule has 0 spiro atoms. The standard InChI is InChI=1S/C18H12Cl4O5S/c1-25-13(23)3-7-9(19)5-11-17(15(7)21)28-18-12(27-11)6-10(20)8(16(18)22)4-14(24)26-2/h5-6H,3-4H2,1-2H3. The minimum absolute atomic E-state index is 0.0865. The summed E-state index contributed by atoms with van der Waals surface area (Å²) in [6, 6.07) is 3.14. The maximum Gasteiger partial charge on any atom is 0.310 e. The van der Waals surface area contributed by atoms with Gasteiger partial charge in [0.05, 0.1) is 46.9 Å². The molecule has 0 bridgehead atoms. The van der Waals surface area contributed by atoms with Gasteiger partial charge in [-0.15, -0.1) is 0 Å². The summed E-state index contributed by atoms with van der Waals surface area (Å²) in [4.78, 5) is 24.4. The summed E-state index contributed by atoms with van der Waals surface area (Å²) in [5.74, 6) is -0.130. The molecule has 1 heterocycles. The van der Waals surface area contributed by atoms with Crippen LogP contribution in [0.15, 0.2) is 21.9 Å². The largest absolute Gasteiger partial charge is 0.469 e. The van der Waals surface area contributed by atoms with Crippen LogP contribution < -0.4 is 4.74 Å². The molecule has 5 nitrogen and oxygen atoms in total. The molecule has 0 saturated carbocycles. The highest BCUT2D eigenvalue weighted by molar-refractivity contribution is 7.99. The number of esters is 2. The number of hydrogen-bond acceptors (Lipinski definition) is 6. The topological polar surface area (TPSA) is 61.8 Å². The molecule has 0 amide bonds. The molecule has 0 aliphatic carbocycles. The third-order valence-electron chi connectivity index (χ3n) is 3.99. The highest BCUT2D eigenvalue weighted by Gasteiger charge is 2.29. The van der Waals surface area contributed by atoms with E-state index in [0.29, 0.717) is 32.4 Å². The van der Waals surface area contributed by atoms with E-state index in [0.717, 1.165) is 0 Å². The molecule has 1 aliphatic rings. The Bertz CT molecular complexity index is 915. The highest BCUT2D eigenvalue weighted by atomic mass is 35.5. The third kappa shape index (κ3) is 4.02. The first-order chi connectivity index (χ1) is 13.3. The molecule has 1 aliphatic heterocycles. The first-order valence-electron chi connectivity index (χ1n) is 7.77. The minimum Gasteiger partial charge on any atom is -0.469 e. The lowest BCUT2D eigenvalue weighted by Gasteiger charge is -2.24. The molecule has 148 valence electrons. The zero-order valence-corrected chi connectivity index (χ0v) is 18.4. The van der Waals surface area contributed by atoms with Crippen molar-refractivity contribution >= 4 is 70.1 Å². The molecule has 2 aromatic rings. The fourth-order valence-corrected chi connectivity index (χ4v) is 4.96. The molecule has 0 saturated heterocycles. The number of carbonyl (C=O) groups is 2. The SMILES string of the molecule is COC(=O)Cc1c(Cl)cc2c(c1Cl)Sc1c(cc(Cl)c(CC(=O)OC)c1Cl)O2. The fraction of sp³-hybridized carbons (Fsp3) is 0.222. The number of benzene rings is 2. The highest BCUT2D eigenvalue weighted by Crippen LogP contribution is 2.55. The second kappa shape index (κ2) is 8.59. The predicted molar refractivity (Wildman–Crippen MR) is 109 cm³/mol. The van der Waals surface area contributed by atoms with E-state index in [1.807, 2.05) is 0 Å². The van der Waals surface area contributed by atoms with Gasteiger partial charge in [0.2, 0.25) is 0 Å². The van der Waals surface area contributed by atoms with E-state index in [9.17, 15) is 9.59 Å². The van der Waals surface area contributed by atoms with Gasteiger partial charge in [0.25, 0.3) is 0 Å². The molecule has 0 fully saturated rings. The van der Waals surface area contributed by atoms with E-state index in [1.165, 1.54) is 26.0 Å². The van der Waals surface area contributed by atoms with Gasteiger partial charge in [0, 0.05) is 33.3 Å². The second-order valence-electron chi connectivity index (χ2n) is 5.67. The van der Waals surface area contributed by atoms with Gasteiger partial charge in [-0.1, -0.05) is 58.2 Å². The summed E-state index contributed by atoms with van der Waals surface area (Å²) in [5.41, 5.74) is 0.849. The molecule has 28 heavy (non-hydrogen) atoms. The quantitative estimate of drug-likeness (QED) is 0.426. The molecule has 0 aromatic heterocycles. The number of fused-ring (bicyclic) bond motifs is 2. The van der Waals surface area contributed by atoms with Gasteiger partial charge in [0.15, 0.2) is 0 Å². The van der Waals surface area contributed by atoms with Crippen LogP contribution in [0.4, 0.5) is 0 Å². The van der Waals surface area contributed by atoms with E-state index in [-0.39, 0.29) is 32.9 Å². The monoisotopic (exact) mass is 480 g/mol. The lowest BCUT2D eigenvalue weighted by Crippen LogP contribution is -2.08. The Morgan fingerprint density at radius 3 is 1.61 bits per heavy atom. The van der Waals surface area contributed by atoms with Crippen molar-refractivity contribution in [3.05, 3.63) is 43.4 Å². The van der Waals surface area contributed by atoms with Crippen molar-refractivity contribution < 1.29 is 23.8 Å². The first-order valence-corrected chi connectivity index (χ1v) is 10.1. The Kier molecular flexibility index (Phi) is 6.57. The number of methoxy groups -OCH3 is 2. The van der Waals surface area contributed by atoms with Gasteiger partial charge in [-0.3, -0.25) is 9.59 Å². The lowest BCUT2D eigenvalue weighted by molar-refractivity contribution is -0.140. The molecule has 0 radical (unpaired) electrons. The zero-order chi connectivity index (χ0) is 20.6. The molecular weight excluding hydrogens is 470 g/mol. The molecule has 10 heteroatoms. The number of ether oxygens (including phenoxy) is 3. The van der Waals surface area contributed by atoms with Crippen molar-refractivity contribution in [2.45, 2.75) is 22.6 Å². The van der Waals surface area contributed by atoms with Crippen molar-refractivity contribution in [3.63, 3.8) is 0 Å². The van der Waals surface area contributed by atoms with Gasteiger partial charge in [-0.2, -0.15) is 0 Å². The van der Waals surface area contributed by atoms with Crippen molar-refractivity contribution in [1.29, 1.82) is 0 Å². The van der Waals surface area contributed by atoms with Gasteiger partial charge in [-0.05, 0) is 0 Å². The van der Waals surface area contributed by atoms with Gasteiger partial charge >= 0.3 is 11.9 Å². The zero-order valence-electron chi connectivity index (χ0n) is 14.5. The Balaban J connectivity index is 2.06. The minimum atomic E-state index is -0.476. The van der Waals surface area contributed by atoms with Crippen molar-refractivity contribution in [1.82, 2.24) is 0 Å². The average Bonchev–Trinajstić information content (AvgIpc) is 2.67. The Hall–Kier alpha value is -1.31. The number of rotatable bonds is 4. The second-order valence-corrected chi connectivity index (χ2v) is 8.26. The van der Waals surface area contributed by atoms with E-state index in [2.05, 4.69) is 9.47 Å². The van der Waals surface area contributed by atoms with Crippen LogP contribution in [0.1, 0.15) is 11.1 Å². The van der Waals surface area contributed by atoms with E-state index >= 15 is 0 Å². The van der Waals surface area contributed by atoms with E-state index < -0.39 is 11.9 Å². The molecule has 0 atom stereocenters. The van der Waals surface area contributed by atoms with Crippen LogP contribution in [0.5, 0.6) is 11.5 Å². The summed E-state index contributed by atoms with van der Waals surface area (Å²) >= 11 is 26.8. The fourth-order valence-electron chi connectivity index (χ4n) is 2.56. The molecule has 0 unspecified atom stereocenters. The molecule has 0 N–H and O–H groups in total. The smallest absolute Gasteiger partial charge is 0.310 e. The van der Waals surface area contributed by atoms with Crippen molar-refractivity contribution in [3.8, 4) is 11.5 Å². The molecular formula is C18H12Cl4O5S. The predicted octanol–water partition coefficient (Wildman–Crippen LogP) is 5.99. The van der Waals surface area contributed by atoms with Gasteiger partial charge in [0.1, 0.15) is 11.5 Å². The van der Waals surface area contributed by atoms with Crippen molar-refractivity contribution in [2.75, 3.05) is 14.2 Å². The van der Waals surface area contributed by atoms with E-state index in [1.54, 1.807) is 12.1 Å². The summed E-state index contributed by atoms with van der Waals surface area (Å²) in [6.45, 7) is 0. The van der Waals surface area contributed by atoms with Crippen LogP contribution in [0.3, 0.4) is 0 Å². The normalized spacial score (nSPS) is 11.9. The Morgan fingerprint density at radius 1 is 0.857 bits per heavy atom. The molecule has 2 aromatic carbocycles. The van der Waals surface area contributed by atoms with Crippen LogP contribution >= 0.6 is 58.2 Å². The number of hydrogen-bond donors (Lipinski definition) is 0. The van der Waals surface area contributed by atoms with Crippen LogP contribution in [-0.4, -0.2) is 26.2 Å². The van der Waals surface area contributed by atoms with Crippen molar-refractivity contribution in [2.24, 2.45) is 0 Å². The molecule has 3 rings (SSSR count). The van der Waals surface area contributed by atoms with Gasteiger partial charge < -0.3 is 14.2 Å². The Labute approximate surface area is 185 Å². The first kappa shape index (κ1) is 21.4. The third-order valence-corrected chi connectivity index (χ3v) is 6.94. The lowest BCUT2D eigenvalue weighted by atomic mass is 10.1. The van der Waals surface area contributed by atoms with Gasteiger partial charge in [-0.25, -0.2) is 0 Å². The number of halogens is 4. The van der Waals surface area contributed by atoms with Crippen LogP contribution in [-0.2, 0) is 31.9 Å². The summed E-state index contributed by atoms with van der Waals surface area (Å²) in [6.07, 6.45) is -0.173. The summed E-state index contributed by atoms with van der Waals surface area (Å²) < 4.78 is 15.3. The Morgan fingerprint density at radius 2 is 1.25 bits per heavy atom. The van der Waals surface area contributed by atoms with Crippen LogP contribution in [0.25, 0.3) is 0 Å². The summed E-state index contributed by atoms with van der Waals surface area (Å²) in [5, 5.41) is 1.09.